The van der Waals surface area contributed by atoms with Gasteiger partial charge in [-0.15, -0.1) is 11.3 Å². The number of hydrogen-bond donors (Lipinski definition) is 2. The zero-order valence-electron chi connectivity index (χ0n) is 19.1. The molecule has 34 heavy (non-hydrogen) atoms. The Kier molecular flexibility index (Phi) is 10.8. The number of hydrogen-bond acceptors (Lipinski definition) is 5. The molecule has 3 rings (SSSR count). The van der Waals surface area contributed by atoms with Crippen LogP contribution in [0, 0.1) is 0 Å². The molecule has 0 unspecified atom stereocenters. The van der Waals surface area contributed by atoms with Gasteiger partial charge in [0, 0.05) is 29.2 Å². The highest BCUT2D eigenvalue weighted by molar-refractivity contribution is 7.11. The lowest BCUT2D eigenvalue weighted by molar-refractivity contribution is -0.106. The first kappa shape index (κ1) is 26.6. The number of halogens is 1. The molecule has 2 N–H and O–H groups in total. The van der Waals surface area contributed by atoms with Crippen molar-refractivity contribution in [3.05, 3.63) is 75.6 Å². The molecule has 0 fully saturated rings. The van der Waals surface area contributed by atoms with Crippen LogP contribution in [0.4, 0.5) is 10.5 Å². The number of carbonyl (C=O) groups excluding carboxylic acids is 3. The molecular weight excluding hydrogens is 474 g/mol. The molecule has 0 bridgehead atoms. The molecule has 178 valence electrons. The molecule has 0 spiro atoms. The third kappa shape index (κ3) is 8.38. The van der Waals surface area contributed by atoms with Crippen molar-refractivity contribution in [3.8, 4) is 16.9 Å². The minimum atomic E-state index is -0.303. The lowest BCUT2D eigenvalue weighted by Crippen LogP contribution is -2.36. The van der Waals surface area contributed by atoms with Crippen molar-refractivity contribution in [2.24, 2.45) is 0 Å². The van der Waals surface area contributed by atoms with E-state index in [0.29, 0.717) is 24.3 Å². The number of allylic oxidation sites excluding steroid dienone is 1. The van der Waals surface area contributed by atoms with Crippen LogP contribution < -0.4 is 15.4 Å². The van der Waals surface area contributed by atoms with Crippen molar-refractivity contribution in [3.63, 3.8) is 0 Å². The van der Waals surface area contributed by atoms with Gasteiger partial charge in [-0.1, -0.05) is 23.7 Å². The number of nitrogens with one attached hydrogen (secondary N) is 2. The van der Waals surface area contributed by atoms with Crippen LogP contribution >= 0.6 is 22.9 Å². The third-order valence-electron chi connectivity index (χ3n) is 4.61. The minimum absolute atomic E-state index is 0.239. The monoisotopic (exact) mass is 499 g/mol. The summed E-state index contributed by atoms with van der Waals surface area (Å²) in [7, 11) is 3.30. The van der Waals surface area contributed by atoms with Gasteiger partial charge >= 0.3 is 6.03 Å². The molecule has 3 aromatic rings. The van der Waals surface area contributed by atoms with Crippen LogP contribution in [-0.4, -0.2) is 44.3 Å². The van der Waals surface area contributed by atoms with Crippen LogP contribution in [0.2, 0.25) is 5.02 Å². The molecule has 3 amide bonds. The van der Waals surface area contributed by atoms with Gasteiger partial charge in [-0.2, -0.15) is 0 Å². The molecule has 1 heterocycles. The van der Waals surface area contributed by atoms with E-state index in [1.54, 1.807) is 44.5 Å². The van der Waals surface area contributed by atoms with Crippen LogP contribution in [0.15, 0.2) is 65.7 Å². The fourth-order valence-corrected chi connectivity index (χ4v) is 3.58. The summed E-state index contributed by atoms with van der Waals surface area (Å²) in [5, 5.41) is 7.77. The van der Waals surface area contributed by atoms with Gasteiger partial charge in [0.1, 0.15) is 5.75 Å². The molecule has 0 saturated carbocycles. The Morgan fingerprint density at radius 3 is 2.32 bits per heavy atom. The van der Waals surface area contributed by atoms with Gasteiger partial charge in [0.25, 0.3) is 0 Å². The molecule has 0 aliphatic rings. The average Bonchev–Trinajstić information content (AvgIpc) is 3.33. The number of urea groups is 1. The number of anilines is 1. The predicted octanol–water partition coefficient (Wildman–Crippen LogP) is 5.53. The Labute approximate surface area is 208 Å². The van der Waals surface area contributed by atoms with Crippen molar-refractivity contribution in [2.45, 2.75) is 6.92 Å². The average molecular weight is 500 g/mol. The Bertz CT molecular complexity index is 1110. The molecule has 0 atom stereocenters. The maximum Gasteiger partial charge on any atom is 0.321 e. The first-order valence-electron chi connectivity index (χ1n) is 10.3. The summed E-state index contributed by atoms with van der Waals surface area (Å²) in [6, 6.07) is 16.3. The molecule has 0 aliphatic heterocycles. The van der Waals surface area contributed by atoms with E-state index >= 15 is 0 Å². The Hall–Kier alpha value is -3.62. The fraction of sp³-hybridized carbons (Fsp3) is 0.160. The van der Waals surface area contributed by atoms with Gasteiger partial charge in [-0.25, -0.2) is 4.79 Å². The molecule has 9 heteroatoms. The highest BCUT2D eigenvalue weighted by atomic mass is 35.5. The second-order valence-corrected chi connectivity index (χ2v) is 8.28. The van der Waals surface area contributed by atoms with E-state index in [1.807, 2.05) is 42.6 Å². The topological polar surface area (TPSA) is 87.7 Å². The maximum absolute atomic E-state index is 11.8. The predicted molar refractivity (Wildman–Crippen MR) is 138 cm³/mol. The number of nitrogens with zero attached hydrogens (tertiary/aromatic N) is 1. The van der Waals surface area contributed by atoms with E-state index in [4.69, 9.17) is 16.3 Å². The first-order valence-corrected chi connectivity index (χ1v) is 11.5. The normalized spacial score (nSPS) is 10.4. The highest BCUT2D eigenvalue weighted by Crippen LogP contribution is 2.28. The molecule has 1 aromatic heterocycles. The molecule has 0 radical (unpaired) electrons. The van der Waals surface area contributed by atoms with E-state index in [9.17, 15) is 14.4 Å². The molecule has 7 nitrogen and oxygen atoms in total. The molecular formula is C25H26ClN3O4S. The smallest absolute Gasteiger partial charge is 0.321 e. The third-order valence-corrected chi connectivity index (χ3v) is 5.74. The van der Waals surface area contributed by atoms with Crippen LogP contribution in [0.5, 0.6) is 5.75 Å². The van der Waals surface area contributed by atoms with Crippen molar-refractivity contribution >= 4 is 53.4 Å². The number of rotatable bonds is 8. The van der Waals surface area contributed by atoms with E-state index in [0.717, 1.165) is 27.4 Å². The number of benzene rings is 2. The summed E-state index contributed by atoms with van der Waals surface area (Å²) in [6.45, 7) is 2.43. The standard InChI is InChI=1S/C18H20N2O3S.C7H6ClNO/c1-4-20(2)18(22)19-15(11-21)10-17-9-14(12-24-17)13-5-7-16(23-3)8-6-13;8-6-1-3-7(4-2-6)9-5-10/h5-12H,4H2,1-3H3,(H,19,22);1-5H,(H,9,10)/b15-10-;. The zero-order chi connectivity index (χ0) is 24.9. The van der Waals surface area contributed by atoms with Crippen LogP contribution in [0.3, 0.4) is 0 Å². The Morgan fingerprint density at radius 2 is 1.76 bits per heavy atom. The Balaban J connectivity index is 0.000000340. The largest absolute Gasteiger partial charge is 0.497 e. The quantitative estimate of drug-likeness (QED) is 0.315. The van der Waals surface area contributed by atoms with Gasteiger partial charge in [0.15, 0.2) is 6.29 Å². The second kappa shape index (κ2) is 13.8. The van der Waals surface area contributed by atoms with E-state index in [-0.39, 0.29) is 11.7 Å². The number of ether oxygens (including phenoxy) is 1. The lowest BCUT2D eigenvalue weighted by atomic mass is 10.1. The zero-order valence-corrected chi connectivity index (χ0v) is 20.7. The summed E-state index contributed by atoms with van der Waals surface area (Å²) in [5.74, 6) is 0.806. The summed E-state index contributed by atoms with van der Waals surface area (Å²) in [5.41, 5.74) is 3.10. The number of amides is 3. The van der Waals surface area contributed by atoms with Crippen LogP contribution in [-0.2, 0) is 9.59 Å². The van der Waals surface area contributed by atoms with Gasteiger partial charge in [0.2, 0.25) is 6.41 Å². The number of thiophene rings is 1. The SMILES string of the molecule is CCN(C)C(=O)N/C(C=O)=C\c1cc(-c2ccc(OC)cc2)cs1.O=CNc1ccc(Cl)cc1. The van der Waals surface area contributed by atoms with Gasteiger partial charge in [-0.05, 0) is 72.0 Å². The van der Waals surface area contributed by atoms with Crippen molar-refractivity contribution in [1.29, 1.82) is 0 Å². The van der Waals surface area contributed by atoms with Gasteiger partial charge < -0.3 is 20.3 Å². The van der Waals surface area contributed by atoms with E-state index in [1.165, 1.54) is 16.2 Å². The summed E-state index contributed by atoms with van der Waals surface area (Å²) in [4.78, 5) is 35.3. The van der Waals surface area contributed by atoms with Gasteiger partial charge in [-0.3, -0.25) is 9.59 Å². The number of aldehydes is 1. The summed E-state index contributed by atoms with van der Waals surface area (Å²) >= 11 is 7.10. The van der Waals surface area contributed by atoms with Crippen molar-refractivity contribution in [2.75, 3.05) is 26.0 Å². The van der Waals surface area contributed by atoms with Crippen molar-refractivity contribution in [1.82, 2.24) is 10.2 Å². The Morgan fingerprint density at radius 1 is 1.09 bits per heavy atom. The minimum Gasteiger partial charge on any atom is -0.497 e. The van der Waals surface area contributed by atoms with Gasteiger partial charge in [0.05, 0.1) is 12.8 Å². The lowest BCUT2D eigenvalue weighted by Gasteiger charge is -2.14. The molecule has 0 aliphatic carbocycles. The highest BCUT2D eigenvalue weighted by Gasteiger charge is 2.09. The number of carbonyl (C=O) groups is 3. The van der Waals surface area contributed by atoms with Crippen LogP contribution in [0.25, 0.3) is 17.2 Å². The van der Waals surface area contributed by atoms with E-state index < -0.39 is 0 Å². The second-order valence-electron chi connectivity index (χ2n) is 6.90. The summed E-state index contributed by atoms with van der Waals surface area (Å²) < 4.78 is 5.15. The van der Waals surface area contributed by atoms with Crippen LogP contribution in [0.1, 0.15) is 11.8 Å². The first-order chi connectivity index (χ1) is 16.4. The van der Waals surface area contributed by atoms with E-state index in [2.05, 4.69) is 10.6 Å². The maximum atomic E-state index is 11.8. The fourth-order valence-electron chi connectivity index (χ4n) is 2.59. The molecule has 0 saturated heterocycles. The summed E-state index contributed by atoms with van der Waals surface area (Å²) in [6.07, 6.45) is 2.95. The molecule has 2 aromatic carbocycles. The number of methoxy groups -OCH3 is 1. The van der Waals surface area contributed by atoms with Crippen molar-refractivity contribution < 1.29 is 19.1 Å².